The van der Waals surface area contributed by atoms with E-state index in [-0.39, 0.29) is 0 Å². The third kappa shape index (κ3) is 1.58. The van der Waals surface area contributed by atoms with Gasteiger partial charge in [0.15, 0.2) is 0 Å². The lowest BCUT2D eigenvalue weighted by atomic mass is 10.2. The van der Waals surface area contributed by atoms with E-state index in [1.54, 1.807) is 0 Å². The van der Waals surface area contributed by atoms with Crippen LogP contribution in [0.25, 0.3) is 4.85 Å². The maximum atomic E-state index is 6.55. The Kier molecular flexibility index (Phi) is 1.87. The predicted molar refractivity (Wildman–Crippen MR) is 35.6 cm³/mol. The van der Waals surface area contributed by atoms with Crippen molar-refractivity contribution in [3.63, 3.8) is 0 Å². The molecule has 0 spiro atoms. The molecule has 1 radical (unpaired) electrons. The van der Waals surface area contributed by atoms with Crippen molar-refractivity contribution in [1.29, 1.82) is 0 Å². The molecular formula is C8H6N. The summed E-state index contributed by atoms with van der Waals surface area (Å²) in [4.78, 5) is 3.24. The zero-order valence-electron chi connectivity index (χ0n) is 4.96. The van der Waals surface area contributed by atoms with Gasteiger partial charge < -0.3 is 4.85 Å². The van der Waals surface area contributed by atoms with Crippen LogP contribution in [0.2, 0.25) is 0 Å². The van der Waals surface area contributed by atoms with Gasteiger partial charge in [-0.15, -0.1) is 0 Å². The number of rotatable bonds is 1. The summed E-state index contributed by atoms with van der Waals surface area (Å²) in [5.41, 5.74) is 1.06. The molecule has 9 heavy (non-hydrogen) atoms. The third-order valence-corrected chi connectivity index (χ3v) is 1.05. The molecule has 0 fully saturated rings. The first kappa shape index (κ1) is 5.84. The molecule has 0 bridgehead atoms. The molecule has 1 heteroatoms. The summed E-state index contributed by atoms with van der Waals surface area (Å²) >= 11 is 0. The van der Waals surface area contributed by atoms with E-state index in [0.717, 1.165) is 5.56 Å². The summed E-state index contributed by atoms with van der Waals surface area (Å²) < 4.78 is 0. The highest BCUT2D eigenvalue weighted by molar-refractivity contribution is 5.14. The molecule has 1 nitrogen and oxygen atoms in total. The minimum absolute atomic E-state index is 0.481. The molecule has 0 saturated carbocycles. The Morgan fingerprint density at radius 1 is 1.44 bits per heavy atom. The second-order valence-corrected chi connectivity index (χ2v) is 1.72. The Balaban J connectivity index is 2.76. The van der Waals surface area contributed by atoms with Crippen LogP contribution in [-0.4, -0.2) is 0 Å². The van der Waals surface area contributed by atoms with Crippen LogP contribution in [0, 0.1) is 12.6 Å². The van der Waals surface area contributed by atoms with Crippen molar-refractivity contribution in [3.05, 3.63) is 47.3 Å². The van der Waals surface area contributed by atoms with Crippen LogP contribution in [0.4, 0.5) is 0 Å². The number of benzene rings is 1. The molecule has 43 valence electrons. The molecule has 0 atom stereocenters. The van der Waals surface area contributed by atoms with Gasteiger partial charge in [-0.25, -0.2) is 6.57 Å². The fourth-order valence-corrected chi connectivity index (χ4v) is 0.618. The third-order valence-electron chi connectivity index (χ3n) is 1.05. The van der Waals surface area contributed by atoms with E-state index in [9.17, 15) is 0 Å². The minimum atomic E-state index is 0.481. The zero-order valence-corrected chi connectivity index (χ0v) is 4.96. The number of hydrogen-bond acceptors (Lipinski definition) is 0. The van der Waals surface area contributed by atoms with Crippen molar-refractivity contribution >= 4 is 0 Å². The van der Waals surface area contributed by atoms with Gasteiger partial charge in [0.2, 0.25) is 6.54 Å². The largest absolute Gasteiger partial charge is 0.312 e. The first-order valence-electron chi connectivity index (χ1n) is 2.71. The summed E-state index contributed by atoms with van der Waals surface area (Å²) in [7, 11) is 0. The Labute approximate surface area is 54.8 Å². The molecule has 0 N–H and O–H groups in total. The molecule has 0 amide bonds. The van der Waals surface area contributed by atoms with Gasteiger partial charge >= 0.3 is 0 Å². The van der Waals surface area contributed by atoms with Crippen LogP contribution in [0.15, 0.2) is 24.3 Å². The van der Waals surface area contributed by atoms with E-state index in [2.05, 4.69) is 10.9 Å². The monoisotopic (exact) mass is 116 g/mol. The first-order valence-corrected chi connectivity index (χ1v) is 2.71. The molecule has 1 aromatic rings. The second kappa shape index (κ2) is 2.88. The average molecular weight is 116 g/mol. The summed E-state index contributed by atoms with van der Waals surface area (Å²) in [5, 5.41) is 0. The quantitative estimate of drug-likeness (QED) is 0.493. The van der Waals surface area contributed by atoms with E-state index in [4.69, 9.17) is 6.57 Å². The molecule has 0 aliphatic carbocycles. The lowest BCUT2D eigenvalue weighted by molar-refractivity contribution is 1.27. The smallest absolute Gasteiger partial charge is 0.239 e. The van der Waals surface area contributed by atoms with Crippen molar-refractivity contribution in [2.24, 2.45) is 0 Å². The molecular weight excluding hydrogens is 110 g/mol. The highest BCUT2D eigenvalue weighted by Crippen LogP contribution is 1.98. The molecule has 0 saturated heterocycles. The van der Waals surface area contributed by atoms with Gasteiger partial charge in [-0.1, -0.05) is 24.3 Å². The molecule has 0 aromatic heterocycles. The topological polar surface area (TPSA) is 4.36 Å². The first-order chi connectivity index (χ1) is 4.43. The lowest BCUT2D eigenvalue weighted by Crippen LogP contribution is -1.74. The van der Waals surface area contributed by atoms with Crippen LogP contribution in [0.3, 0.4) is 0 Å². The van der Waals surface area contributed by atoms with E-state index in [1.807, 2.05) is 24.3 Å². The fraction of sp³-hybridized carbons (Fsp3) is 0.125. The van der Waals surface area contributed by atoms with Gasteiger partial charge in [0, 0.05) is 5.56 Å². The fourth-order valence-electron chi connectivity index (χ4n) is 0.618. The van der Waals surface area contributed by atoms with E-state index >= 15 is 0 Å². The molecule has 1 rings (SSSR count). The Morgan fingerprint density at radius 3 is 2.67 bits per heavy atom. The summed E-state index contributed by atoms with van der Waals surface area (Å²) in [6.07, 6.45) is 0. The van der Waals surface area contributed by atoms with Crippen LogP contribution in [-0.2, 0) is 6.54 Å². The SMILES string of the molecule is [C-]#[N+]Cc1cc[c]cc1. The lowest BCUT2D eigenvalue weighted by Gasteiger charge is -1.85. The second-order valence-electron chi connectivity index (χ2n) is 1.72. The van der Waals surface area contributed by atoms with Gasteiger partial charge in [0.05, 0.1) is 0 Å². The standard InChI is InChI=1S/C8H6N/c1-9-7-8-5-3-2-4-6-8/h3-6H,7H2. The number of hydrogen-bond donors (Lipinski definition) is 0. The van der Waals surface area contributed by atoms with Gasteiger partial charge in [-0.3, -0.25) is 0 Å². The van der Waals surface area contributed by atoms with Crippen molar-refractivity contribution < 1.29 is 0 Å². The van der Waals surface area contributed by atoms with Crippen LogP contribution < -0.4 is 0 Å². The van der Waals surface area contributed by atoms with Crippen LogP contribution in [0.1, 0.15) is 5.56 Å². The van der Waals surface area contributed by atoms with Crippen molar-refractivity contribution in [3.8, 4) is 0 Å². The molecule has 1 aromatic carbocycles. The Bertz CT molecular complexity index is 208. The summed E-state index contributed by atoms with van der Waals surface area (Å²) in [5.74, 6) is 0. The van der Waals surface area contributed by atoms with Gasteiger partial charge in [0.25, 0.3) is 0 Å². The van der Waals surface area contributed by atoms with Gasteiger partial charge in [0.1, 0.15) is 0 Å². The van der Waals surface area contributed by atoms with Crippen LogP contribution >= 0.6 is 0 Å². The Morgan fingerprint density at radius 2 is 2.11 bits per heavy atom. The van der Waals surface area contributed by atoms with Gasteiger partial charge in [-0.2, -0.15) is 0 Å². The average Bonchev–Trinajstić information content (AvgIpc) is 1.91. The molecule has 0 unspecified atom stereocenters. The summed E-state index contributed by atoms with van der Waals surface area (Å²) in [6.45, 7) is 7.04. The molecule has 0 heterocycles. The summed E-state index contributed by atoms with van der Waals surface area (Å²) in [6, 6.07) is 10.3. The van der Waals surface area contributed by atoms with Crippen molar-refractivity contribution in [2.45, 2.75) is 6.54 Å². The highest BCUT2D eigenvalue weighted by atomic mass is 14.6. The zero-order chi connectivity index (χ0) is 6.53. The Hall–Kier alpha value is -1.29. The van der Waals surface area contributed by atoms with Crippen molar-refractivity contribution in [2.75, 3.05) is 0 Å². The molecule has 0 aliphatic rings. The maximum absolute atomic E-state index is 6.55. The highest BCUT2D eigenvalue weighted by Gasteiger charge is 1.88. The minimum Gasteiger partial charge on any atom is -0.312 e. The van der Waals surface area contributed by atoms with Crippen LogP contribution in [0.5, 0.6) is 0 Å². The van der Waals surface area contributed by atoms with Gasteiger partial charge in [-0.05, 0) is 6.07 Å². The predicted octanol–water partition coefficient (Wildman–Crippen LogP) is 1.91. The van der Waals surface area contributed by atoms with E-state index < -0.39 is 0 Å². The normalized spacial score (nSPS) is 8.33. The maximum Gasteiger partial charge on any atom is 0.239 e. The van der Waals surface area contributed by atoms with E-state index in [1.165, 1.54) is 0 Å². The van der Waals surface area contributed by atoms with Crippen molar-refractivity contribution in [1.82, 2.24) is 0 Å². The number of nitrogens with zero attached hydrogens (tertiary/aromatic N) is 1. The van der Waals surface area contributed by atoms with E-state index in [0.29, 0.717) is 6.54 Å². The molecule has 0 aliphatic heterocycles.